The molecule has 0 aliphatic heterocycles. The monoisotopic (exact) mass is 280 g/mol. The molecule has 0 radical (unpaired) electrons. The van der Waals surface area contributed by atoms with E-state index in [1.165, 1.54) is 0 Å². The highest BCUT2D eigenvalue weighted by molar-refractivity contribution is 5.80. The molecule has 0 saturated heterocycles. The minimum Gasteiger partial charge on any atom is -0.394 e. The van der Waals surface area contributed by atoms with Crippen LogP contribution in [0.1, 0.15) is 6.42 Å². The summed E-state index contributed by atoms with van der Waals surface area (Å²) in [6.07, 6.45) is -6.53. The molecule has 0 aromatic rings. The van der Waals surface area contributed by atoms with Crippen LogP contribution < -0.4 is 11.1 Å². The maximum absolute atomic E-state index is 11.2. The molecule has 8 N–H and O–H groups in total. The van der Waals surface area contributed by atoms with Crippen molar-refractivity contribution in [2.75, 3.05) is 13.2 Å². The van der Waals surface area contributed by atoms with E-state index in [-0.39, 0.29) is 6.42 Å². The maximum Gasteiger partial charge on any atom is 0.222 e. The van der Waals surface area contributed by atoms with Crippen LogP contribution in [0.15, 0.2) is 0 Å². The molecule has 5 unspecified atom stereocenters. The molecule has 0 aromatic heterocycles. The van der Waals surface area contributed by atoms with Gasteiger partial charge in [0.25, 0.3) is 0 Å². The quantitative estimate of drug-likeness (QED) is 0.207. The van der Waals surface area contributed by atoms with Gasteiger partial charge in [0.2, 0.25) is 5.91 Å². The molecular weight excluding hydrogens is 260 g/mol. The van der Waals surface area contributed by atoms with E-state index in [0.29, 0.717) is 6.29 Å². The summed E-state index contributed by atoms with van der Waals surface area (Å²) >= 11 is 0. The highest BCUT2D eigenvalue weighted by Gasteiger charge is 2.30. The molecule has 0 heterocycles. The van der Waals surface area contributed by atoms with Crippen molar-refractivity contribution in [2.45, 2.75) is 36.9 Å². The molecule has 5 atom stereocenters. The van der Waals surface area contributed by atoms with Gasteiger partial charge >= 0.3 is 0 Å². The van der Waals surface area contributed by atoms with Gasteiger partial charge in [-0.3, -0.25) is 4.79 Å². The van der Waals surface area contributed by atoms with E-state index < -0.39 is 49.5 Å². The first-order valence-electron chi connectivity index (χ1n) is 5.64. The van der Waals surface area contributed by atoms with Crippen LogP contribution in [0, 0.1) is 0 Å². The molecule has 0 bridgehead atoms. The first-order valence-corrected chi connectivity index (χ1v) is 5.64. The summed E-state index contributed by atoms with van der Waals surface area (Å²) < 4.78 is 0. The zero-order valence-electron chi connectivity index (χ0n) is 10.2. The summed E-state index contributed by atoms with van der Waals surface area (Å²) in [6.45, 7) is -1.19. The van der Waals surface area contributed by atoms with Gasteiger partial charge in [-0.25, -0.2) is 0 Å². The fourth-order valence-electron chi connectivity index (χ4n) is 1.24. The Kier molecular flexibility index (Phi) is 8.39. The average Bonchev–Trinajstić information content (AvgIpc) is 2.41. The van der Waals surface area contributed by atoms with Crippen LogP contribution in [0.25, 0.3) is 0 Å². The Morgan fingerprint density at radius 2 is 1.68 bits per heavy atom. The fraction of sp³-hybridized carbons (Fsp3) is 0.800. The van der Waals surface area contributed by atoms with Gasteiger partial charge < -0.3 is 41.4 Å². The number of nitrogens with two attached hydrogens (primary N) is 1. The number of carbonyl (C=O) groups excluding carboxylic acids is 2. The van der Waals surface area contributed by atoms with Crippen LogP contribution in [0.5, 0.6) is 0 Å². The summed E-state index contributed by atoms with van der Waals surface area (Å²) in [5.41, 5.74) is 5.20. The average molecular weight is 280 g/mol. The second kappa shape index (κ2) is 8.91. The Labute approximate surface area is 109 Å². The highest BCUT2D eigenvalue weighted by atomic mass is 16.4. The Bertz CT molecular complexity index is 289. The SMILES string of the molecule is NC(C=O)CC(=O)NCC(O)C(O)C(O)C(O)CO. The third-order valence-corrected chi connectivity index (χ3v) is 2.43. The molecule has 0 aromatic carbocycles. The van der Waals surface area contributed by atoms with Crippen LogP contribution in [-0.2, 0) is 9.59 Å². The zero-order valence-corrected chi connectivity index (χ0v) is 10.2. The molecular formula is C10H20N2O7. The largest absolute Gasteiger partial charge is 0.394 e. The Hall–Kier alpha value is -1.10. The minimum absolute atomic E-state index is 0.270. The molecule has 0 spiro atoms. The Morgan fingerprint density at radius 3 is 2.16 bits per heavy atom. The number of carbonyl (C=O) groups is 2. The molecule has 9 nitrogen and oxygen atoms in total. The van der Waals surface area contributed by atoms with Crippen LogP contribution >= 0.6 is 0 Å². The predicted octanol–water partition coefficient (Wildman–Crippen LogP) is -4.55. The molecule has 0 aliphatic rings. The standard InChI is InChI=1S/C10H20N2O7/c11-5(3-13)1-8(17)12-2-6(15)9(18)10(19)7(16)4-14/h3,5-7,9-10,14-16,18-19H,1-2,4,11H2,(H,12,17). The van der Waals surface area contributed by atoms with Crippen molar-refractivity contribution in [3.05, 3.63) is 0 Å². The summed E-state index contributed by atoms with van der Waals surface area (Å²) in [7, 11) is 0. The third kappa shape index (κ3) is 6.57. The third-order valence-electron chi connectivity index (χ3n) is 2.43. The van der Waals surface area contributed by atoms with Gasteiger partial charge in [0.1, 0.15) is 24.6 Å². The molecule has 112 valence electrons. The maximum atomic E-state index is 11.2. The van der Waals surface area contributed by atoms with E-state index >= 15 is 0 Å². The molecule has 9 heteroatoms. The van der Waals surface area contributed by atoms with Crippen molar-refractivity contribution >= 4 is 12.2 Å². The fourth-order valence-corrected chi connectivity index (χ4v) is 1.24. The number of rotatable bonds is 9. The summed E-state index contributed by atoms with van der Waals surface area (Å²) in [5.74, 6) is -0.608. The van der Waals surface area contributed by atoms with E-state index in [0.717, 1.165) is 0 Å². The first kappa shape index (κ1) is 17.9. The van der Waals surface area contributed by atoms with Crippen LogP contribution in [-0.4, -0.2) is 81.3 Å². The molecule has 0 fully saturated rings. The van der Waals surface area contributed by atoms with E-state index in [1.807, 2.05) is 0 Å². The van der Waals surface area contributed by atoms with Crippen molar-refractivity contribution < 1.29 is 35.1 Å². The number of nitrogens with one attached hydrogen (secondary N) is 1. The first-order chi connectivity index (χ1) is 8.83. The van der Waals surface area contributed by atoms with Crippen molar-refractivity contribution in [1.29, 1.82) is 0 Å². The molecule has 0 saturated carbocycles. The predicted molar refractivity (Wildman–Crippen MR) is 62.8 cm³/mol. The van der Waals surface area contributed by atoms with Gasteiger partial charge in [-0.2, -0.15) is 0 Å². The smallest absolute Gasteiger partial charge is 0.222 e. The van der Waals surface area contributed by atoms with Crippen molar-refractivity contribution in [1.82, 2.24) is 5.32 Å². The lowest BCUT2D eigenvalue weighted by Crippen LogP contribution is -2.50. The lowest BCUT2D eigenvalue weighted by atomic mass is 10.0. The lowest BCUT2D eigenvalue weighted by Gasteiger charge is -2.25. The number of amides is 1. The number of hydrogen-bond donors (Lipinski definition) is 7. The van der Waals surface area contributed by atoms with Gasteiger partial charge in [-0.1, -0.05) is 0 Å². The summed E-state index contributed by atoms with van der Waals surface area (Å²) in [4.78, 5) is 21.4. The second-order valence-corrected chi connectivity index (χ2v) is 4.11. The number of aliphatic hydroxyl groups is 5. The van der Waals surface area contributed by atoms with Crippen LogP contribution in [0.4, 0.5) is 0 Å². The highest BCUT2D eigenvalue weighted by Crippen LogP contribution is 2.04. The van der Waals surface area contributed by atoms with Crippen molar-refractivity contribution in [3.8, 4) is 0 Å². The van der Waals surface area contributed by atoms with Gasteiger partial charge in [0, 0.05) is 13.0 Å². The normalized spacial score (nSPS) is 19.1. The van der Waals surface area contributed by atoms with Crippen molar-refractivity contribution in [2.24, 2.45) is 5.73 Å². The molecule has 19 heavy (non-hydrogen) atoms. The minimum atomic E-state index is -1.76. The van der Waals surface area contributed by atoms with Crippen LogP contribution in [0.3, 0.4) is 0 Å². The number of aliphatic hydroxyl groups excluding tert-OH is 5. The topological polar surface area (TPSA) is 173 Å². The van der Waals surface area contributed by atoms with Crippen molar-refractivity contribution in [3.63, 3.8) is 0 Å². The van der Waals surface area contributed by atoms with E-state index in [1.54, 1.807) is 0 Å². The summed E-state index contributed by atoms with van der Waals surface area (Å²) in [5, 5.41) is 48.0. The van der Waals surface area contributed by atoms with Gasteiger partial charge in [0.15, 0.2) is 0 Å². The van der Waals surface area contributed by atoms with E-state index in [4.69, 9.17) is 15.9 Å². The lowest BCUT2D eigenvalue weighted by molar-refractivity contribution is -0.127. The van der Waals surface area contributed by atoms with Gasteiger partial charge in [-0.05, 0) is 0 Å². The van der Waals surface area contributed by atoms with Gasteiger partial charge in [0.05, 0.1) is 18.8 Å². The van der Waals surface area contributed by atoms with Gasteiger partial charge in [-0.15, -0.1) is 0 Å². The summed E-state index contributed by atoms with van der Waals surface area (Å²) in [6, 6.07) is -0.955. The Morgan fingerprint density at radius 1 is 1.16 bits per heavy atom. The number of aldehydes is 1. The molecule has 1 amide bonds. The zero-order chi connectivity index (χ0) is 15.0. The molecule has 0 aliphatic carbocycles. The number of hydrogen-bond acceptors (Lipinski definition) is 8. The second-order valence-electron chi connectivity index (χ2n) is 4.11. The van der Waals surface area contributed by atoms with E-state index in [2.05, 4.69) is 5.32 Å². The molecule has 0 rings (SSSR count). The van der Waals surface area contributed by atoms with E-state index in [9.17, 15) is 24.9 Å². The Balaban J connectivity index is 4.12. The van der Waals surface area contributed by atoms with Crippen LogP contribution in [0.2, 0.25) is 0 Å².